The van der Waals surface area contributed by atoms with Crippen LogP contribution in [0.15, 0.2) is 52.4 Å². The zero-order chi connectivity index (χ0) is 22.7. The van der Waals surface area contributed by atoms with Crippen LogP contribution in [0.5, 0.6) is 0 Å². The van der Waals surface area contributed by atoms with E-state index in [9.17, 15) is 30.1 Å². The molecule has 1 heterocycles. The third-order valence-corrected chi connectivity index (χ3v) is 4.19. The Bertz CT molecular complexity index is 1290. The van der Waals surface area contributed by atoms with Crippen molar-refractivity contribution in [1.82, 2.24) is 15.4 Å². The number of nitrogens with zero attached hydrogens (tertiary/aromatic N) is 4. The molecule has 1 unspecified atom stereocenters. The van der Waals surface area contributed by atoms with Crippen molar-refractivity contribution in [3.63, 3.8) is 0 Å². The summed E-state index contributed by atoms with van der Waals surface area (Å²) in [5, 5.41) is 36.2. The van der Waals surface area contributed by atoms with Crippen LogP contribution in [0.4, 0.5) is 11.4 Å². The van der Waals surface area contributed by atoms with Gasteiger partial charge in [0.1, 0.15) is 11.8 Å². The van der Waals surface area contributed by atoms with Crippen molar-refractivity contribution in [1.29, 1.82) is 0 Å². The number of aliphatic hydroxyl groups is 1. The molecule has 3 aromatic rings. The Kier molecular flexibility index (Phi) is 5.94. The molecule has 0 amide bonds. The van der Waals surface area contributed by atoms with E-state index in [4.69, 9.17) is 18.0 Å². The fourth-order valence-corrected chi connectivity index (χ4v) is 2.70. The standard InChI is InChI=1S/C17H13N7O6S/c18-17(31)22-21-13(15(25)8-1-3-9(4-2-8)23(27)28)14-16(26)20-12-7-10(24(29)30)5-6-11(12)19-14/h1-7,15,25H,(H,20,26)(H3,18,22,31)/b21-13+. The molecular formula is C17H13N7O6S. The van der Waals surface area contributed by atoms with E-state index < -0.39 is 21.5 Å². The van der Waals surface area contributed by atoms with Crippen molar-refractivity contribution in [3.05, 3.63) is 84.3 Å². The molecule has 0 aliphatic carbocycles. The summed E-state index contributed by atoms with van der Waals surface area (Å²) in [7, 11) is 0. The molecular weight excluding hydrogens is 430 g/mol. The number of nitro benzene ring substituents is 2. The number of aliphatic hydroxyl groups excluding tert-OH is 1. The normalized spacial score (nSPS) is 12.4. The van der Waals surface area contributed by atoms with Crippen molar-refractivity contribution in [3.8, 4) is 0 Å². The highest BCUT2D eigenvalue weighted by molar-refractivity contribution is 7.80. The number of nitrogens with one attached hydrogen (secondary N) is 2. The molecule has 158 valence electrons. The number of non-ortho nitro benzene ring substituents is 2. The lowest BCUT2D eigenvalue weighted by Crippen LogP contribution is -2.31. The summed E-state index contributed by atoms with van der Waals surface area (Å²) in [5.74, 6) is 0. The van der Waals surface area contributed by atoms with Crippen molar-refractivity contribution in [2.45, 2.75) is 6.10 Å². The molecule has 3 rings (SSSR count). The number of thiocarbonyl (C=S) groups is 1. The molecule has 0 bridgehead atoms. The van der Waals surface area contributed by atoms with Crippen LogP contribution in [0.2, 0.25) is 0 Å². The SMILES string of the molecule is NC(=S)N/N=C(\c1nc2ccc([N+](=O)[O-])cc2[nH]c1=O)C(O)c1ccc([N+](=O)[O-])cc1. The maximum absolute atomic E-state index is 12.6. The smallest absolute Gasteiger partial charge is 0.276 e. The van der Waals surface area contributed by atoms with E-state index >= 15 is 0 Å². The Balaban J connectivity index is 2.11. The molecule has 2 aromatic carbocycles. The number of aromatic amines is 1. The molecule has 14 heteroatoms. The van der Waals surface area contributed by atoms with Gasteiger partial charge < -0.3 is 15.8 Å². The summed E-state index contributed by atoms with van der Waals surface area (Å²) < 4.78 is 0. The number of nitro groups is 2. The van der Waals surface area contributed by atoms with E-state index in [-0.39, 0.29) is 44.5 Å². The number of fused-ring (bicyclic) bond motifs is 1. The second kappa shape index (κ2) is 8.60. The van der Waals surface area contributed by atoms with Crippen LogP contribution in [0.3, 0.4) is 0 Å². The van der Waals surface area contributed by atoms with Gasteiger partial charge in [0.15, 0.2) is 10.8 Å². The summed E-state index contributed by atoms with van der Waals surface area (Å²) in [6.45, 7) is 0. The maximum atomic E-state index is 12.6. The Morgan fingerprint density at radius 2 is 1.77 bits per heavy atom. The minimum absolute atomic E-state index is 0.106. The van der Waals surface area contributed by atoms with Crippen molar-refractivity contribution >= 4 is 45.5 Å². The van der Waals surface area contributed by atoms with E-state index in [2.05, 4.69) is 20.5 Å². The number of hydrazone groups is 1. The second-order valence-corrected chi connectivity index (χ2v) is 6.54. The zero-order valence-electron chi connectivity index (χ0n) is 15.4. The third kappa shape index (κ3) is 4.65. The number of benzene rings is 2. The van der Waals surface area contributed by atoms with Crippen LogP contribution in [0.25, 0.3) is 11.0 Å². The van der Waals surface area contributed by atoms with Crippen LogP contribution in [-0.2, 0) is 0 Å². The molecule has 0 saturated heterocycles. The maximum Gasteiger partial charge on any atom is 0.276 e. The largest absolute Gasteiger partial charge is 0.382 e. The van der Waals surface area contributed by atoms with Gasteiger partial charge in [-0.25, -0.2) is 4.98 Å². The van der Waals surface area contributed by atoms with E-state index in [1.807, 2.05) is 0 Å². The molecule has 0 fully saturated rings. The van der Waals surface area contributed by atoms with Gasteiger partial charge in [-0.05, 0) is 36.0 Å². The summed E-state index contributed by atoms with van der Waals surface area (Å²) in [5.41, 5.74) is 6.30. The third-order valence-electron chi connectivity index (χ3n) is 4.09. The zero-order valence-corrected chi connectivity index (χ0v) is 16.2. The van der Waals surface area contributed by atoms with Crippen LogP contribution >= 0.6 is 12.2 Å². The first-order valence-corrected chi connectivity index (χ1v) is 8.82. The van der Waals surface area contributed by atoms with E-state index in [0.717, 1.165) is 6.07 Å². The van der Waals surface area contributed by atoms with Crippen LogP contribution < -0.4 is 16.7 Å². The Morgan fingerprint density at radius 3 is 2.35 bits per heavy atom. The van der Waals surface area contributed by atoms with Gasteiger partial charge >= 0.3 is 0 Å². The molecule has 0 radical (unpaired) electrons. The number of H-pyrrole nitrogens is 1. The predicted octanol–water partition coefficient (Wildman–Crippen LogP) is 1.01. The highest BCUT2D eigenvalue weighted by atomic mass is 32.1. The van der Waals surface area contributed by atoms with Crippen LogP contribution in [0, 0.1) is 20.2 Å². The number of hydrogen-bond donors (Lipinski definition) is 4. The fourth-order valence-electron chi connectivity index (χ4n) is 2.66. The lowest BCUT2D eigenvalue weighted by atomic mass is 10.0. The first-order chi connectivity index (χ1) is 14.7. The van der Waals surface area contributed by atoms with Crippen LogP contribution in [-0.4, -0.2) is 35.7 Å². The minimum Gasteiger partial charge on any atom is -0.382 e. The van der Waals surface area contributed by atoms with Gasteiger partial charge in [0, 0.05) is 24.3 Å². The van der Waals surface area contributed by atoms with Crippen molar-refractivity contribution in [2.24, 2.45) is 10.8 Å². The fraction of sp³-hybridized carbons (Fsp3) is 0.0588. The molecule has 0 saturated carbocycles. The average Bonchev–Trinajstić information content (AvgIpc) is 2.73. The molecule has 13 nitrogen and oxygen atoms in total. The highest BCUT2D eigenvalue weighted by Crippen LogP contribution is 2.22. The van der Waals surface area contributed by atoms with Gasteiger partial charge in [0.25, 0.3) is 16.9 Å². The summed E-state index contributed by atoms with van der Waals surface area (Å²) in [6, 6.07) is 8.60. The van der Waals surface area contributed by atoms with Gasteiger partial charge in [0.2, 0.25) is 0 Å². The van der Waals surface area contributed by atoms with E-state index in [1.54, 1.807) is 0 Å². The average molecular weight is 443 g/mol. The molecule has 0 aliphatic rings. The van der Waals surface area contributed by atoms with Crippen molar-refractivity contribution in [2.75, 3.05) is 0 Å². The van der Waals surface area contributed by atoms with E-state index in [0.29, 0.717) is 0 Å². The lowest BCUT2D eigenvalue weighted by Gasteiger charge is -2.14. The molecule has 1 aromatic heterocycles. The Morgan fingerprint density at radius 1 is 1.16 bits per heavy atom. The topological polar surface area (TPSA) is 203 Å². The molecule has 0 aliphatic heterocycles. The number of hydrogen-bond acceptors (Lipinski definition) is 9. The number of rotatable bonds is 6. The van der Waals surface area contributed by atoms with Gasteiger partial charge in [-0.3, -0.25) is 30.4 Å². The molecule has 31 heavy (non-hydrogen) atoms. The summed E-state index contributed by atoms with van der Waals surface area (Å²) in [4.78, 5) is 39.8. The van der Waals surface area contributed by atoms with Crippen molar-refractivity contribution < 1.29 is 15.0 Å². The summed E-state index contributed by atoms with van der Waals surface area (Å²) >= 11 is 4.69. The quantitative estimate of drug-likeness (QED) is 0.184. The first kappa shape index (κ1) is 21.4. The number of aromatic nitrogens is 2. The Labute approximate surface area is 177 Å². The van der Waals surface area contributed by atoms with Crippen LogP contribution in [0.1, 0.15) is 17.4 Å². The molecule has 0 spiro atoms. The van der Waals surface area contributed by atoms with Gasteiger partial charge in [-0.1, -0.05) is 0 Å². The summed E-state index contributed by atoms with van der Waals surface area (Å²) in [6.07, 6.45) is -1.54. The number of nitrogens with two attached hydrogens (primary N) is 1. The highest BCUT2D eigenvalue weighted by Gasteiger charge is 2.23. The lowest BCUT2D eigenvalue weighted by molar-refractivity contribution is -0.385. The Hall–Kier alpha value is -4.30. The van der Waals surface area contributed by atoms with E-state index in [1.165, 1.54) is 36.4 Å². The molecule has 5 N–H and O–H groups in total. The van der Waals surface area contributed by atoms with Gasteiger partial charge in [-0.2, -0.15) is 5.10 Å². The minimum atomic E-state index is -1.54. The second-order valence-electron chi connectivity index (χ2n) is 6.10. The van der Waals surface area contributed by atoms with Gasteiger partial charge in [-0.15, -0.1) is 0 Å². The predicted molar refractivity (Wildman–Crippen MR) is 114 cm³/mol. The monoisotopic (exact) mass is 443 g/mol. The first-order valence-electron chi connectivity index (χ1n) is 8.41. The molecule has 1 atom stereocenters. The van der Waals surface area contributed by atoms with Gasteiger partial charge in [0.05, 0.1) is 20.9 Å².